The van der Waals surface area contributed by atoms with Crippen molar-refractivity contribution in [3.63, 3.8) is 0 Å². The lowest BCUT2D eigenvalue weighted by Crippen LogP contribution is -2.24. The lowest BCUT2D eigenvalue weighted by atomic mass is 10.3. The van der Waals surface area contributed by atoms with Gasteiger partial charge in [-0.3, -0.25) is 4.79 Å². The molecule has 1 atom stereocenters. The standard InChI is InChI=1S/C11H13ClO4/c1-8(13)15-6-10(14)7-16-11-4-2-9(12)3-5-11/h2-5,10,14H,6-7H2,1H3/t10-/m1/s1. The van der Waals surface area contributed by atoms with E-state index in [2.05, 4.69) is 4.74 Å². The Labute approximate surface area is 98.7 Å². The Morgan fingerprint density at radius 2 is 2.00 bits per heavy atom. The van der Waals surface area contributed by atoms with Crippen molar-refractivity contribution in [3.8, 4) is 5.75 Å². The molecule has 5 heteroatoms. The summed E-state index contributed by atoms with van der Waals surface area (Å²) < 4.78 is 9.88. The molecule has 0 spiro atoms. The molecule has 0 heterocycles. The van der Waals surface area contributed by atoms with Crippen molar-refractivity contribution in [1.82, 2.24) is 0 Å². The Morgan fingerprint density at radius 1 is 1.38 bits per heavy atom. The van der Waals surface area contributed by atoms with Gasteiger partial charge in [-0.2, -0.15) is 0 Å². The third kappa shape index (κ3) is 5.00. The first-order valence-electron chi connectivity index (χ1n) is 4.77. The van der Waals surface area contributed by atoms with E-state index in [9.17, 15) is 9.90 Å². The number of ether oxygens (including phenoxy) is 2. The fourth-order valence-corrected chi connectivity index (χ4v) is 1.11. The summed E-state index contributed by atoms with van der Waals surface area (Å²) in [6.45, 7) is 1.28. The number of aliphatic hydroxyl groups is 1. The molecule has 0 aliphatic heterocycles. The minimum Gasteiger partial charge on any atom is -0.491 e. The molecule has 0 unspecified atom stereocenters. The fourth-order valence-electron chi connectivity index (χ4n) is 0.985. The van der Waals surface area contributed by atoms with Gasteiger partial charge in [-0.05, 0) is 24.3 Å². The number of aliphatic hydroxyl groups excluding tert-OH is 1. The van der Waals surface area contributed by atoms with Crippen LogP contribution in [0, 0.1) is 0 Å². The zero-order valence-electron chi connectivity index (χ0n) is 8.85. The number of hydrogen-bond donors (Lipinski definition) is 1. The van der Waals surface area contributed by atoms with Crippen LogP contribution in [-0.4, -0.2) is 30.4 Å². The van der Waals surface area contributed by atoms with Crippen molar-refractivity contribution in [2.75, 3.05) is 13.2 Å². The van der Waals surface area contributed by atoms with Crippen molar-refractivity contribution in [1.29, 1.82) is 0 Å². The summed E-state index contributed by atoms with van der Waals surface area (Å²) >= 11 is 5.70. The molecule has 0 saturated heterocycles. The van der Waals surface area contributed by atoms with Gasteiger partial charge < -0.3 is 14.6 Å². The highest BCUT2D eigenvalue weighted by Crippen LogP contribution is 2.15. The Bertz CT molecular complexity index is 336. The number of hydrogen-bond acceptors (Lipinski definition) is 4. The Balaban J connectivity index is 2.28. The molecule has 1 aromatic rings. The maximum absolute atomic E-state index is 10.5. The van der Waals surface area contributed by atoms with E-state index in [-0.39, 0.29) is 13.2 Å². The fraction of sp³-hybridized carbons (Fsp3) is 0.364. The normalized spacial score (nSPS) is 11.9. The first kappa shape index (κ1) is 12.8. The van der Waals surface area contributed by atoms with Crippen molar-refractivity contribution < 1.29 is 19.4 Å². The van der Waals surface area contributed by atoms with Crippen LogP contribution in [0.3, 0.4) is 0 Å². The third-order valence-corrected chi connectivity index (χ3v) is 1.99. The van der Waals surface area contributed by atoms with Crippen LogP contribution >= 0.6 is 11.6 Å². The van der Waals surface area contributed by atoms with Crippen LogP contribution in [0.2, 0.25) is 5.02 Å². The van der Waals surface area contributed by atoms with Gasteiger partial charge >= 0.3 is 5.97 Å². The van der Waals surface area contributed by atoms with E-state index in [1.165, 1.54) is 6.92 Å². The first-order valence-corrected chi connectivity index (χ1v) is 5.15. The van der Waals surface area contributed by atoms with Crippen molar-refractivity contribution in [3.05, 3.63) is 29.3 Å². The van der Waals surface area contributed by atoms with Crippen LogP contribution in [0.25, 0.3) is 0 Å². The van der Waals surface area contributed by atoms with Crippen LogP contribution in [-0.2, 0) is 9.53 Å². The summed E-state index contributed by atoms with van der Waals surface area (Å²) in [6.07, 6.45) is -0.834. The Morgan fingerprint density at radius 3 is 2.56 bits per heavy atom. The van der Waals surface area contributed by atoms with Gasteiger partial charge in [0.2, 0.25) is 0 Å². The summed E-state index contributed by atoms with van der Waals surface area (Å²) in [5, 5.41) is 10.0. The zero-order chi connectivity index (χ0) is 12.0. The van der Waals surface area contributed by atoms with E-state index < -0.39 is 12.1 Å². The van der Waals surface area contributed by atoms with Gasteiger partial charge in [-0.1, -0.05) is 11.6 Å². The minimum absolute atomic E-state index is 0.0644. The smallest absolute Gasteiger partial charge is 0.302 e. The van der Waals surface area contributed by atoms with Gasteiger partial charge in [-0.15, -0.1) is 0 Å². The van der Waals surface area contributed by atoms with Gasteiger partial charge in [0.1, 0.15) is 25.1 Å². The molecule has 0 fully saturated rings. The van der Waals surface area contributed by atoms with Crippen LogP contribution < -0.4 is 4.74 Å². The molecule has 1 aromatic carbocycles. The summed E-state index contributed by atoms with van der Waals surface area (Å²) in [4.78, 5) is 10.5. The van der Waals surface area contributed by atoms with E-state index in [1.807, 2.05) is 0 Å². The zero-order valence-corrected chi connectivity index (χ0v) is 9.61. The van der Waals surface area contributed by atoms with Crippen LogP contribution in [0.5, 0.6) is 5.75 Å². The predicted molar refractivity (Wildman–Crippen MR) is 59.6 cm³/mol. The average molecular weight is 245 g/mol. The molecule has 0 bridgehead atoms. The van der Waals surface area contributed by atoms with Crippen LogP contribution in [0.1, 0.15) is 6.92 Å². The van der Waals surface area contributed by atoms with Crippen molar-refractivity contribution in [2.45, 2.75) is 13.0 Å². The van der Waals surface area contributed by atoms with Gasteiger partial charge in [0.15, 0.2) is 0 Å². The number of carbonyl (C=O) groups excluding carboxylic acids is 1. The Hall–Kier alpha value is -1.26. The lowest BCUT2D eigenvalue weighted by Gasteiger charge is -2.11. The van der Waals surface area contributed by atoms with E-state index in [0.29, 0.717) is 10.8 Å². The van der Waals surface area contributed by atoms with Gasteiger partial charge in [-0.25, -0.2) is 0 Å². The van der Waals surface area contributed by atoms with Crippen molar-refractivity contribution >= 4 is 17.6 Å². The minimum atomic E-state index is -0.834. The molecule has 1 rings (SSSR count). The molecular weight excluding hydrogens is 232 g/mol. The largest absolute Gasteiger partial charge is 0.491 e. The van der Waals surface area contributed by atoms with E-state index >= 15 is 0 Å². The second-order valence-electron chi connectivity index (χ2n) is 3.22. The third-order valence-electron chi connectivity index (χ3n) is 1.74. The van der Waals surface area contributed by atoms with Crippen LogP contribution in [0.15, 0.2) is 24.3 Å². The SMILES string of the molecule is CC(=O)OC[C@@H](O)COc1ccc(Cl)cc1. The molecule has 0 saturated carbocycles. The predicted octanol–water partition coefficient (Wildman–Crippen LogP) is 1.64. The Kier molecular flexibility index (Phi) is 5.08. The van der Waals surface area contributed by atoms with Crippen LogP contribution in [0.4, 0.5) is 0 Å². The number of rotatable bonds is 5. The number of esters is 1. The highest BCUT2D eigenvalue weighted by Gasteiger charge is 2.07. The molecule has 1 N–H and O–H groups in total. The molecule has 0 radical (unpaired) electrons. The number of halogens is 1. The highest BCUT2D eigenvalue weighted by atomic mass is 35.5. The number of carbonyl (C=O) groups is 1. The summed E-state index contributed by atoms with van der Waals surface area (Å²) in [5.41, 5.74) is 0. The summed E-state index contributed by atoms with van der Waals surface area (Å²) in [6, 6.07) is 6.77. The van der Waals surface area contributed by atoms with Gasteiger partial charge in [0, 0.05) is 11.9 Å². The topological polar surface area (TPSA) is 55.8 Å². The highest BCUT2D eigenvalue weighted by molar-refractivity contribution is 6.30. The summed E-state index contributed by atoms with van der Waals surface area (Å²) in [5.74, 6) is 0.178. The van der Waals surface area contributed by atoms with Gasteiger partial charge in [0.05, 0.1) is 0 Å². The molecule has 0 aliphatic rings. The van der Waals surface area contributed by atoms with Crippen molar-refractivity contribution in [2.24, 2.45) is 0 Å². The molecule has 88 valence electrons. The molecule has 0 aromatic heterocycles. The van der Waals surface area contributed by atoms with E-state index in [0.717, 1.165) is 0 Å². The lowest BCUT2D eigenvalue weighted by molar-refractivity contribution is -0.144. The summed E-state index contributed by atoms with van der Waals surface area (Å²) in [7, 11) is 0. The molecule has 4 nitrogen and oxygen atoms in total. The quantitative estimate of drug-likeness (QED) is 0.800. The first-order chi connectivity index (χ1) is 7.58. The monoisotopic (exact) mass is 244 g/mol. The van der Waals surface area contributed by atoms with E-state index in [1.54, 1.807) is 24.3 Å². The maximum Gasteiger partial charge on any atom is 0.302 e. The average Bonchev–Trinajstić information content (AvgIpc) is 2.25. The second kappa shape index (κ2) is 6.35. The maximum atomic E-state index is 10.5. The van der Waals surface area contributed by atoms with Gasteiger partial charge in [0.25, 0.3) is 0 Å². The second-order valence-corrected chi connectivity index (χ2v) is 3.66. The molecule has 0 amide bonds. The molecule has 16 heavy (non-hydrogen) atoms. The molecule has 0 aliphatic carbocycles. The molecular formula is C11H13ClO4. The van der Waals surface area contributed by atoms with E-state index in [4.69, 9.17) is 16.3 Å². The number of benzene rings is 1.